The molecule has 0 amide bonds. The highest BCUT2D eigenvalue weighted by atomic mass is 31.1. The summed E-state index contributed by atoms with van der Waals surface area (Å²) in [5.74, 6) is 0. The van der Waals surface area contributed by atoms with Crippen LogP contribution in [0.4, 0.5) is 4.39 Å². The second-order valence-corrected chi connectivity index (χ2v) is 2.88. The van der Waals surface area contributed by atoms with Crippen LogP contribution in [-0.2, 0) is 9.09 Å². The molecule has 0 heterocycles. The SMILES string of the molecule is O=POC1CCCCC1F. The molecule has 1 aliphatic carbocycles. The Kier molecular flexibility index (Phi) is 3.23. The summed E-state index contributed by atoms with van der Waals surface area (Å²) in [5, 5.41) is 0. The topological polar surface area (TPSA) is 26.3 Å². The van der Waals surface area contributed by atoms with E-state index in [0.717, 1.165) is 12.8 Å². The van der Waals surface area contributed by atoms with Crippen molar-refractivity contribution in [2.75, 3.05) is 0 Å². The Morgan fingerprint density at radius 3 is 2.70 bits per heavy atom. The standard InChI is InChI=1S/C6H10FO2P/c7-5-3-1-2-4-6(5)9-10-8/h5-6H,1-4H2. The molecule has 1 aliphatic rings. The Hall–Kier alpha value is -0.0100. The molecule has 1 fully saturated rings. The van der Waals surface area contributed by atoms with Gasteiger partial charge in [0.05, 0.1) is 0 Å². The molecule has 2 nitrogen and oxygen atoms in total. The summed E-state index contributed by atoms with van der Waals surface area (Å²) in [6.07, 6.45) is 1.84. The molecule has 0 radical (unpaired) electrons. The fourth-order valence-corrected chi connectivity index (χ4v) is 1.57. The van der Waals surface area contributed by atoms with Crippen molar-refractivity contribution >= 4 is 8.69 Å². The van der Waals surface area contributed by atoms with Gasteiger partial charge >= 0.3 is 8.69 Å². The summed E-state index contributed by atoms with van der Waals surface area (Å²) >= 11 is 0. The third-order valence-corrected chi connectivity index (χ3v) is 2.16. The maximum atomic E-state index is 12.8. The van der Waals surface area contributed by atoms with Gasteiger partial charge in [-0.3, -0.25) is 4.52 Å². The van der Waals surface area contributed by atoms with Gasteiger partial charge in [-0.15, -0.1) is 0 Å². The number of halogens is 1. The first-order valence-electron chi connectivity index (χ1n) is 3.47. The van der Waals surface area contributed by atoms with Crippen LogP contribution >= 0.6 is 8.69 Å². The summed E-state index contributed by atoms with van der Waals surface area (Å²) < 4.78 is 27.3. The molecular formula is C6H10FO2P. The first kappa shape index (κ1) is 8.09. The van der Waals surface area contributed by atoms with Crippen molar-refractivity contribution in [3.05, 3.63) is 0 Å². The van der Waals surface area contributed by atoms with E-state index < -0.39 is 21.0 Å². The number of hydrogen-bond acceptors (Lipinski definition) is 2. The van der Waals surface area contributed by atoms with Gasteiger partial charge in [0.15, 0.2) is 0 Å². The van der Waals surface area contributed by atoms with Gasteiger partial charge in [-0.1, -0.05) is 12.8 Å². The number of rotatable bonds is 2. The molecular weight excluding hydrogens is 154 g/mol. The summed E-state index contributed by atoms with van der Waals surface area (Å²) in [6, 6.07) is 0. The summed E-state index contributed by atoms with van der Waals surface area (Å²) in [7, 11) is -0.397. The maximum Gasteiger partial charge on any atom is 0.327 e. The largest absolute Gasteiger partial charge is 0.327 e. The van der Waals surface area contributed by atoms with Crippen LogP contribution in [0.3, 0.4) is 0 Å². The fraction of sp³-hybridized carbons (Fsp3) is 1.00. The van der Waals surface area contributed by atoms with E-state index in [0.29, 0.717) is 12.8 Å². The lowest BCUT2D eigenvalue weighted by molar-refractivity contribution is 0.0742. The Bertz CT molecular complexity index is 120. The van der Waals surface area contributed by atoms with Gasteiger partial charge in [-0.25, -0.2) is 8.96 Å². The van der Waals surface area contributed by atoms with Crippen molar-refractivity contribution in [2.45, 2.75) is 38.0 Å². The smallest absolute Gasteiger partial charge is 0.288 e. The summed E-state index contributed by atoms with van der Waals surface area (Å²) in [6.45, 7) is 0. The van der Waals surface area contributed by atoms with Crippen molar-refractivity contribution in [1.29, 1.82) is 0 Å². The lowest BCUT2D eigenvalue weighted by atomic mass is 9.96. The van der Waals surface area contributed by atoms with Gasteiger partial charge in [-0.05, 0) is 12.8 Å². The van der Waals surface area contributed by atoms with E-state index in [1.807, 2.05) is 0 Å². The van der Waals surface area contributed by atoms with Crippen molar-refractivity contribution in [3.8, 4) is 0 Å². The van der Waals surface area contributed by atoms with E-state index >= 15 is 0 Å². The fourth-order valence-electron chi connectivity index (χ4n) is 1.23. The highest BCUT2D eigenvalue weighted by Crippen LogP contribution is 2.25. The molecule has 1 rings (SSSR count). The van der Waals surface area contributed by atoms with E-state index in [9.17, 15) is 8.96 Å². The average molecular weight is 164 g/mol. The zero-order chi connectivity index (χ0) is 7.40. The Labute approximate surface area is 61.0 Å². The maximum absolute atomic E-state index is 12.8. The van der Waals surface area contributed by atoms with Crippen LogP contribution in [0.25, 0.3) is 0 Å². The molecule has 58 valence electrons. The Balaban J connectivity index is 2.32. The first-order valence-corrected chi connectivity index (χ1v) is 4.20. The summed E-state index contributed by atoms with van der Waals surface area (Å²) in [5.41, 5.74) is 0. The van der Waals surface area contributed by atoms with Crippen molar-refractivity contribution in [2.24, 2.45) is 0 Å². The van der Waals surface area contributed by atoms with E-state index in [2.05, 4.69) is 4.52 Å². The zero-order valence-electron chi connectivity index (χ0n) is 5.62. The lowest BCUT2D eigenvalue weighted by Gasteiger charge is -2.22. The molecule has 0 saturated heterocycles. The molecule has 0 spiro atoms. The Morgan fingerprint density at radius 2 is 2.10 bits per heavy atom. The van der Waals surface area contributed by atoms with E-state index in [4.69, 9.17) is 0 Å². The van der Waals surface area contributed by atoms with Crippen LogP contribution in [0, 0.1) is 0 Å². The predicted molar refractivity (Wildman–Crippen MR) is 35.8 cm³/mol. The molecule has 10 heavy (non-hydrogen) atoms. The first-order chi connectivity index (χ1) is 4.84. The van der Waals surface area contributed by atoms with Gasteiger partial charge in [0, 0.05) is 0 Å². The second kappa shape index (κ2) is 3.99. The van der Waals surface area contributed by atoms with Crippen LogP contribution in [0.2, 0.25) is 0 Å². The van der Waals surface area contributed by atoms with Crippen LogP contribution in [0.5, 0.6) is 0 Å². The van der Waals surface area contributed by atoms with E-state index in [1.165, 1.54) is 0 Å². The molecule has 0 N–H and O–H groups in total. The molecule has 2 atom stereocenters. The minimum absolute atomic E-state index is 0.397. The van der Waals surface area contributed by atoms with Crippen LogP contribution in [0.1, 0.15) is 25.7 Å². The third kappa shape index (κ3) is 1.99. The van der Waals surface area contributed by atoms with Crippen LogP contribution < -0.4 is 0 Å². The highest BCUT2D eigenvalue weighted by molar-refractivity contribution is 7.17. The summed E-state index contributed by atoms with van der Waals surface area (Å²) in [4.78, 5) is 0. The van der Waals surface area contributed by atoms with Crippen LogP contribution in [0.15, 0.2) is 0 Å². The van der Waals surface area contributed by atoms with Crippen molar-refractivity contribution in [3.63, 3.8) is 0 Å². The highest BCUT2D eigenvalue weighted by Gasteiger charge is 2.25. The zero-order valence-corrected chi connectivity index (χ0v) is 6.52. The van der Waals surface area contributed by atoms with Crippen LogP contribution in [-0.4, -0.2) is 12.3 Å². The molecule has 0 aromatic rings. The van der Waals surface area contributed by atoms with Crippen molar-refractivity contribution < 1.29 is 13.5 Å². The van der Waals surface area contributed by atoms with Gasteiger partial charge in [0.2, 0.25) is 0 Å². The molecule has 4 heteroatoms. The molecule has 2 unspecified atom stereocenters. The molecule has 1 saturated carbocycles. The van der Waals surface area contributed by atoms with Crippen molar-refractivity contribution in [1.82, 2.24) is 0 Å². The van der Waals surface area contributed by atoms with E-state index in [1.54, 1.807) is 0 Å². The Morgan fingerprint density at radius 1 is 1.40 bits per heavy atom. The molecule has 0 bridgehead atoms. The predicted octanol–water partition coefficient (Wildman–Crippen LogP) is 2.49. The van der Waals surface area contributed by atoms with Gasteiger partial charge in [0.25, 0.3) is 0 Å². The lowest BCUT2D eigenvalue weighted by Crippen LogP contribution is -2.26. The molecule has 0 aromatic heterocycles. The second-order valence-electron chi connectivity index (χ2n) is 2.52. The monoisotopic (exact) mass is 164 g/mol. The molecule has 0 aromatic carbocycles. The number of hydrogen-bond donors (Lipinski definition) is 0. The van der Waals surface area contributed by atoms with Gasteiger partial charge < -0.3 is 0 Å². The van der Waals surface area contributed by atoms with Gasteiger partial charge in [0.1, 0.15) is 12.3 Å². The minimum Gasteiger partial charge on any atom is -0.288 e. The quantitative estimate of drug-likeness (QED) is 0.586. The number of alkyl halides is 1. The normalized spacial score (nSPS) is 34.5. The minimum atomic E-state index is -0.907. The molecule has 0 aliphatic heterocycles. The average Bonchev–Trinajstić information content (AvgIpc) is 1.94. The third-order valence-electron chi connectivity index (χ3n) is 1.80. The van der Waals surface area contributed by atoms with E-state index in [-0.39, 0.29) is 0 Å². The van der Waals surface area contributed by atoms with Gasteiger partial charge in [-0.2, -0.15) is 0 Å².